The van der Waals surface area contributed by atoms with E-state index in [0.29, 0.717) is 65.7 Å². The molecular weight excluding hydrogens is 797 g/mol. The number of sulfonamides is 3. The second-order valence-electron chi connectivity index (χ2n) is 13.8. The molecule has 3 aliphatic rings. The highest BCUT2D eigenvalue weighted by Gasteiger charge is 2.34. The monoisotopic (exact) mass is 840 g/mol. The maximum absolute atomic E-state index is 12.5. The fraction of sp³-hybridized carbons (Fsp3) is 0.429. The van der Waals surface area contributed by atoms with Crippen molar-refractivity contribution in [2.75, 3.05) is 32.7 Å². The lowest BCUT2D eigenvalue weighted by Gasteiger charge is -2.25. The number of piperidine rings is 1. The molecule has 0 bridgehead atoms. The van der Waals surface area contributed by atoms with Gasteiger partial charge >= 0.3 is 0 Å². The van der Waals surface area contributed by atoms with Crippen LogP contribution in [0, 0.1) is 0 Å². The molecule has 0 spiro atoms. The van der Waals surface area contributed by atoms with Crippen LogP contribution in [-0.4, -0.2) is 123 Å². The third kappa shape index (κ3) is 9.06. The number of nitrogens with one attached hydrogen (secondary N) is 4. The largest absolute Gasteiger partial charge is 0.392 e. The van der Waals surface area contributed by atoms with E-state index in [-0.39, 0.29) is 21.6 Å². The molecule has 19 nitrogen and oxygen atoms in total. The summed E-state index contributed by atoms with van der Waals surface area (Å²) in [6.07, 6.45) is 15.2. The highest BCUT2D eigenvalue weighted by Crippen LogP contribution is 2.26. The molecule has 57 heavy (non-hydrogen) atoms. The first-order chi connectivity index (χ1) is 27.4. The zero-order valence-corrected chi connectivity index (χ0v) is 33.4. The third-order valence-corrected chi connectivity index (χ3v) is 15.1. The number of pyridine rings is 3. The van der Waals surface area contributed by atoms with Crippen LogP contribution in [-0.2, 0) is 30.1 Å². The zero-order valence-electron chi connectivity index (χ0n) is 30.9. The number of hydrogen-bond donors (Lipinski definition) is 5. The lowest BCUT2D eigenvalue weighted by molar-refractivity contribution is 0.189. The van der Waals surface area contributed by atoms with Crippen molar-refractivity contribution in [2.24, 2.45) is 0 Å². The molecule has 2 saturated heterocycles. The number of nitrogens with zero attached hydrogens (tertiary/aromatic N) is 8. The van der Waals surface area contributed by atoms with Crippen LogP contribution in [0.4, 0.5) is 0 Å². The lowest BCUT2D eigenvalue weighted by Crippen LogP contribution is -2.35. The molecule has 9 rings (SSSR count). The number of allylic oxidation sites excluding steroid dienone is 1. The van der Waals surface area contributed by atoms with Gasteiger partial charge in [-0.3, -0.25) is 15.3 Å². The smallest absolute Gasteiger partial charge is 0.260 e. The molecule has 8 heterocycles. The van der Waals surface area contributed by atoms with Crippen LogP contribution in [0.3, 0.4) is 0 Å². The average Bonchev–Trinajstić information content (AvgIpc) is 4.05. The fourth-order valence-corrected chi connectivity index (χ4v) is 11.2. The molecule has 6 aromatic rings. The number of aromatic nitrogens is 9. The van der Waals surface area contributed by atoms with E-state index in [2.05, 4.69) is 56.3 Å². The SMILES string of the molecule is O=S(=O)(NCCC1=CCCCC1)c1[nH]nc2ncccc12.O=S(=O)(c1[nH]nc2ncccc12)N1CCC(O)C1.O=S(=O)(c1[nH]nc2ncccc12)N1CCCCC1. The molecule has 0 amide bonds. The number of β-amino-alcohol motifs (C(OH)–C–C–N with tert-alkyl or cyclic N) is 1. The van der Waals surface area contributed by atoms with E-state index in [1.807, 2.05) is 0 Å². The minimum atomic E-state index is -3.64. The van der Waals surface area contributed by atoms with E-state index < -0.39 is 36.2 Å². The fourth-order valence-electron chi connectivity index (χ4n) is 6.92. The van der Waals surface area contributed by atoms with Crippen LogP contribution in [0.25, 0.3) is 33.1 Å². The van der Waals surface area contributed by atoms with Crippen molar-refractivity contribution in [1.82, 2.24) is 58.9 Å². The summed E-state index contributed by atoms with van der Waals surface area (Å²) < 4.78 is 79.8. The molecule has 22 heteroatoms. The first-order valence-corrected chi connectivity index (χ1v) is 23.0. The average molecular weight is 841 g/mol. The number of aromatic amines is 3. The molecule has 0 saturated carbocycles. The number of aliphatic hydroxyl groups is 1. The Kier molecular flexibility index (Phi) is 12.4. The number of hydrogen-bond acceptors (Lipinski definition) is 13. The van der Waals surface area contributed by atoms with Crippen LogP contribution < -0.4 is 4.72 Å². The third-order valence-electron chi connectivity index (χ3n) is 9.91. The van der Waals surface area contributed by atoms with E-state index in [9.17, 15) is 30.4 Å². The Hall–Kier alpha value is -4.71. The van der Waals surface area contributed by atoms with Gasteiger partial charge in [-0.25, -0.2) is 44.9 Å². The summed E-state index contributed by atoms with van der Waals surface area (Å²) in [6.45, 7) is 2.04. The molecule has 2 fully saturated rings. The topological polar surface area (TPSA) is 266 Å². The zero-order chi connectivity index (χ0) is 40.0. The van der Waals surface area contributed by atoms with Gasteiger partial charge < -0.3 is 5.11 Å². The van der Waals surface area contributed by atoms with E-state index in [1.54, 1.807) is 55.0 Å². The number of fused-ring (bicyclic) bond motifs is 3. The molecule has 1 aliphatic carbocycles. The van der Waals surface area contributed by atoms with Crippen molar-refractivity contribution in [2.45, 2.75) is 79.0 Å². The predicted octanol–water partition coefficient (Wildman–Crippen LogP) is 2.97. The summed E-state index contributed by atoms with van der Waals surface area (Å²) >= 11 is 0. The van der Waals surface area contributed by atoms with E-state index in [4.69, 9.17) is 0 Å². The van der Waals surface area contributed by atoms with Crippen LogP contribution in [0.1, 0.15) is 57.8 Å². The molecule has 1 atom stereocenters. The summed E-state index contributed by atoms with van der Waals surface area (Å²) in [4.78, 5) is 12.0. The van der Waals surface area contributed by atoms with E-state index >= 15 is 0 Å². The summed E-state index contributed by atoms with van der Waals surface area (Å²) in [6, 6.07) is 10.2. The molecule has 5 N–H and O–H groups in total. The van der Waals surface area contributed by atoms with Crippen molar-refractivity contribution < 1.29 is 30.4 Å². The summed E-state index contributed by atoms with van der Waals surface area (Å²) in [5, 5.41) is 30.7. The van der Waals surface area contributed by atoms with Gasteiger partial charge in [0.2, 0.25) is 0 Å². The Morgan fingerprint density at radius 2 is 1.19 bits per heavy atom. The molecule has 0 radical (unpaired) electrons. The first-order valence-electron chi connectivity index (χ1n) is 18.7. The molecule has 304 valence electrons. The van der Waals surface area contributed by atoms with Crippen molar-refractivity contribution in [3.8, 4) is 0 Å². The van der Waals surface area contributed by atoms with Crippen LogP contribution >= 0.6 is 0 Å². The Morgan fingerprint density at radius 1 is 0.667 bits per heavy atom. The Labute approximate surface area is 329 Å². The summed E-state index contributed by atoms with van der Waals surface area (Å²) in [7, 11) is -10.7. The van der Waals surface area contributed by atoms with Crippen molar-refractivity contribution >= 4 is 63.2 Å². The van der Waals surface area contributed by atoms with Crippen molar-refractivity contribution in [3.05, 3.63) is 66.6 Å². The number of H-pyrrole nitrogens is 3. The normalized spacial score (nSPS) is 18.5. The maximum Gasteiger partial charge on any atom is 0.260 e. The molecule has 6 aromatic heterocycles. The Bertz CT molecular complexity index is 2590. The first kappa shape index (κ1) is 40.5. The highest BCUT2D eigenvalue weighted by atomic mass is 32.2. The quantitative estimate of drug-likeness (QED) is 0.131. The van der Waals surface area contributed by atoms with Gasteiger partial charge in [0.05, 0.1) is 22.3 Å². The number of aliphatic hydroxyl groups excluding tert-OH is 1. The lowest BCUT2D eigenvalue weighted by atomic mass is 9.97. The Balaban J connectivity index is 0.000000131. The summed E-state index contributed by atoms with van der Waals surface area (Å²) in [5.74, 6) is 0. The van der Waals surface area contributed by atoms with Crippen LogP contribution in [0.2, 0.25) is 0 Å². The second kappa shape index (κ2) is 17.4. The molecule has 0 aromatic carbocycles. The van der Waals surface area contributed by atoms with Gasteiger partial charge in [-0.1, -0.05) is 18.1 Å². The van der Waals surface area contributed by atoms with Gasteiger partial charge in [-0.15, -0.1) is 0 Å². The van der Waals surface area contributed by atoms with Crippen molar-refractivity contribution in [1.29, 1.82) is 0 Å². The molecule has 2 aliphatic heterocycles. The van der Waals surface area contributed by atoms with E-state index in [1.165, 1.54) is 27.0 Å². The van der Waals surface area contributed by atoms with Crippen molar-refractivity contribution in [3.63, 3.8) is 0 Å². The van der Waals surface area contributed by atoms with Gasteiger partial charge in [0.1, 0.15) is 0 Å². The Morgan fingerprint density at radius 3 is 1.70 bits per heavy atom. The van der Waals surface area contributed by atoms with Gasteiger partial charge in [0.15, 0.2) is 32.0 Å². The van der Waals surface area contributed by atoms with Crippen LogP contribution in [0.5, 0.6) is 0 Å². The van der Waals surface area contributed by atoms with Crippen LogP contribution in [0.15, 0.2) is 81.7 Å². The summed E-state index contributed by atoms with van der Waals surface area (Å²) in [5.41, 5.74) is 2.57. The van der Waals surface area contributed by atoms with Gasteiger partial charge in [0, 0.05) is 51.3 Å². The van der Waals surface area contributed by atoms with Gasteiger partial charge in [-0.05, 0) is 87.8 Å². The standard InChI is InChI=1S/C14H18N4O2S.C11H14N4O2S.C10H12N4O3S/c19-21(20,16-10-8-11-5-2-1-3-6-11)14-12-7-4-9-15-13(12)17-18-14;16-18(17,15-7-2-1-3-8-15)11-9-5-4-6-12-10(9)13-14-11;15-7-3-5-14(6-7)18(16,17)10-8-2-1-4-11-9(8)12-13-10/h4-5,7,9,16H,1-3,6,8,10H2,(H,15,17,18);4-6H,1-3,7-8H2,(H,12,13,14);1-2,4,7,15H,3,5-6H2,(H,11,12,13). The minimum absolute atomic E-state index is 0.0414. The minimum Gasteiger partial charge on any atom is -0.392 e. The van der Waals surface area contributed by atoms with E-state index in [0.717, 1.165) is 38.5 Å². The molecular formula is C35H44N12O7S3. The molecule has 1 unspecified atom stereocenters. The van der Waals surface area contributed by atoms with Gasteiger partial charge in [-0.2, -0.15) is 23.9 Å². The maximum atomic E-state index is 12.5. The second-order valence-corrected chi connectivity index (χ2v) is 19.3. The number of rotatable bonds is 9. The van der Waals surface area contributed by atoms with Gasteiger partial charge in [0.25, 0.3) is 30.1 Å². The predicted molar refractivity (Wildman–Crippen MR) is 210 cm³/mol. The highest BCUT2D eigenvalue weighted by molar-refractivity contribution is 7.90.